The molecule has 72 heavy (non-hydrogen) atoms. The maximum atomic E-state index is 13.6. The number of hydrogen-bond donors (Lipinski definition) is 2. The molecule has 0 aliphatic carbocycles. The SMILES string of the molecule is COC(=O)c1ccccc1-c1c2nc(c(-c3ccccc3C(=O)OC)c3ccc([nH]3)c(-c3cc(C(C)(C)C)cc(C(C)(C)C)c3)c3nc(c(-c4cc(C(C)(C)C)cc(C(C)(C)C)c4)c4ccc1[nH]4)C=C3)C=C2. The number of esters is 2. The van der Waals surface area contributed by atoms with Gasteiger partial charge in [-0.3, -0.25) is 0 Å². The second-order valence-corrected chi connectivity index (χ2v) is 23.2. The van der Waals surface area contributed by atoms with Crippen LogP contribution in [0.15, 0.2) is 109 Å². The van der Waals surface area contributed by atoms with Crippen LogP contribution in [-0.4, -0.2) is 46.1 Å². The normalized spacial score (nSPS) is 12.9. The monoisotopic (exact) mass is 955 g/mol. The summed E-state index contributed by atoms with van der Waals surface area (Å²) in [5, 5.41) is 0. The first-order valence-corrected chi connectivity index (χ1v) is 24.8. The van der Waals surface area contributed by atoms with Crippen LogP contribution in [0.5, 0.6) is 0 Å². The van der Waals surface area contributed by atoms with Gasteiger partial charge in [0.2, 0.25) is 0 Å². The predicted octanol–water partition coefficient (Wildman–Crippen LogP) is 16.1. The topological polar surface area (TPSA) is 110 Å². The smallest absolute Gasteiger partial charge is 0.338 e. The van der Waals surface area contributed by atoms with E-state index in [1.165, 1.54) is 36.5 Å². The Hall–Kier alpha value is -7.58. The Bertz CT molecular complexity index is 3280. The number of nitrogens with one attached hydrogen (secondary N) is 2. The predicted molar refractivity (Wildman–Crippen MR) is 298 cm³/mol. The molecule has 2 aliphatic heterocycles. The summed E-state index contributed by atoms with van der Waals surface area (Å²) in [7, 11) is 2.79. The van der Waals surface area contributed by atoms with Gasteiger partial charge in [0.05, 0.1) is 48.1 Å². The Morgan fingerprint density at radius 2 is 0.667 bits per heavy atom. The number of aromatic nitrogens is 4. The summed E-state index contributed by atoms with van der Waals surface area (Å²) in [6.45, 7) is 27.1. The van der Waals surface area contributed by atoms with E-state index >= 15 is 0 Å². The van der Waals surface area contributed by atoms with Gasteiger partial charge < -0.3 is 19.4 Å². The van der Waals surface area contributed by atoms with Crippen molar-refractivity contribution >= 4 is 58.3 Å². The summed E-state index contributed by atoms with van der Waals surface area (Å²) in [6, 6.07) is 37.2. The number of H-pyrrole nitrogens is 2. The van der Waals surface area contributed by atoms with Crippen LogP contribution in [0.25, 0.3) is 90.9 Å². The molecule has 4 aromatic carbocycles. The van der Waals surface area contributed by atoms with Crippen LogP contribution in [-0.2, 0) is 31.1 Å². The summed E-state index contributed by atoms with van der Waals surface area (Å²) in [5.74, 6) is -0.933. The Labute approximate surface area is 424 Å². The molecule has 8 bridgehead atoms. The summed E-state index contributed by atoms with van der Waals surface area (Å²) in [4.78, 5) is 46.1. The number of hydrogen-bond acceptors (Lipinski definition) is 6. The number of nitrogens with zero attached hydrogens (tertiary/aromatic N) is 2. The Morgan fingerprint density at radius 1 is 0.389 bits per heavy atom. The lowest BCUT2D eigenvalue weighted by Crippen LogP contribution is -2.16. The molecule has 0 saturated carbocycles. The summed E-state index contributed by atoms with van der Waals surface area (Å²) in [5.41, 5.74) is 17.7. The van der Waals surface area contributed by atoms with E-state index in [9.17, 15) is 9.59 Å². The van der Waals surface area contributed by atoms with E-state index in [1.807, 2.05) is 48.6 Å². The van der Waals surface area contributed by atoms with Gasteiger partial charge in [-0.05, 0) is 116 Å². The lowest BCUT2D eigenvalue weighted by atomic mass is 9.78. The van der Waals surface area contributed by atoms with Crippen molar-refractivity contribution in [2.45, 2.75) is 105 Å². The average molecular weight is 955 g/mol. The van der Waals surface area contributed by atoms with Gasteiger partial charge in [0.25, 0.3) is 0 Å². The van der Waals surface area contributed by atoms with Crippen LogP contribution in [0.2, 0.25) is 0 Å². The highest BCUT2D eigenvalue weighted by Crippen LogP contribution is 2.43. The lowest BCUT2D eigenvalue weighted by Gasteiger charge is -2.26. The fourth-order valence-electron chi connectivity index (χ4n) is 9.63. The number of carbonyl (C=O) groups is 2. The first kappa shape index (κ1) is 49.4. The van der Waals surface area contributed by atoms with Crippen molar-refractivity contribution in [3.05, 3.63) is 165 Å². The standard InChI is InChI=1S/C64H66N4O4/c1-61(2,3)39-31-37(32-40(35-39)62(4,5)6)55-47-23-24-48(65-47)56(38-33-41(63(7,8)9)36-42(34-38)64(10,11)12)50-26-28-52(67-50)58(44-20-16-18-22-46(44)60(70)72-14)54-30-29-53(68-54)57(51-27-25-49(55)66-51)43-19-15-17-21-45(43)59(69)71-13/h15-36,66-67H,1-14H3. The first-order chi connectivity index (χ1) is 33.9. The molecule has 7 aromatic rings. The third-order valence-electron chi connectivity index (χ3n) is 13.9. The minimum absolute atomic E-state index is 0.150. The van der Waals surface area contributed by atoms with Crippen molar-refractivity contribution in [2.75, 3.05) is 14.2 Å². The number of carbonyl (C=O) groups excluding carboxylic acids is 2. The number of ether oxygens (including phenoxy) is 2. The molecule has 366 valence electrons. The van der Waals surface area contributed by atoms with Gasteiger partial charge in [-0.25, -0.2) is 19.6 Å². The number of benzene rings is 4. The zero-order valence-corrected chi connectivity index (χ0v) is 44.2. The molecular formula is C64H66N4O4. The minimum atomic E-state index is -0.467. The van der Waals surface area contributed by atoms with Crippen LogP contribution in [0.3, 0.4) is 0 Å². The van der Waals surface area contributed by atoms with Crippen molar-refractivity contribution in [1.82, 2.24) is 19.9 Å². The molecule has 0 atom stereocenters. The third kappa shape index (κ3) is 9.38. The van der Waals surface area contributed by atoms with E-state index in [0.29, 0.717) is 44.8 Å². The van der Waals surface area contributed by atoms with Gasteiger partial charge in [-0.15, -0.1) is 0 Å². The largest absolute Gasteiger partial charge is 0.465 e. The maximum absolute atomic E-state index is 13.6. The zero-order chi connectivity index (χ0) is 51.7. The first-order valence-electron chi connectivity index (χ1n) is 24.8. The van der Waals surface area contributed by atoms with E-state index < -0.39 is 11.9 Å². The molecule has 0 spiro atoms. The highest BCUT2D eigenvalue weighted by Gasteiger charge is 2.27. The van der Waals surface area contributed by atoms with Crippen LogP contribution >= 0.6 is 0 Å². The second-order valence-electron chi connectivity index (χ2n) is 23.2. The van der Waals surface area contributed by atoms with Crippen molar-refractivity contribution in [3.8, 4) is 44.5 Å². The van der Waals surface area contributed by atoms with E-state index in [2.05, 4.69) is 166 Å². The molecule has 3 aromatic heterocycles. The van der Waals surface area contributed by atoms with Crippen molar-refractivity contribution in [2.24, 2.45) is 0 Å². The molecule has 2 N–H and O–H groups in total. The molecule has 0 radical (unpaired) electrons. The average Bonchev–Trinajstić information content (AvgIpc) is 4.19. The van der Waals surface area contributed by atoms with Crippen molar-refractivity contribution in [3.63, 3.8) is 0 Å². The molecule has 2 aliphatic rings. The molecule has 9 rings (SSSR count). The number of methoxy groups -OCH3 is 2. The zero-order valence-electron chi connectivity index (χ0n) is 44.2. The molecule has 5 heterocycles. The van der Waals surface area contributed by atoms with E-state index in [1.54, 1.807) is 12.1 Å². The van der Waals surface area contributed by atoms with Gasteiger partial charge in [0, 0.05) is 55.4 Å². The van der Waals surface area contributed by atoms with E-state index in [-0.39, 0.29) is 21.7 Å². The molecule has 8 nitrogen and oxygen atoms in total. The Balaban J connectivity index is 1.54. The van der Waals surface area contributed by atoms with Gasteiger partial charge in [0.1, 0.15) is 0 Å². The summed E-state index contributed by atoms with van der Waals surface area (Å²) < 4.78 is 10.8. The molecule has 0 amide bonds. The Kier molecular flexibility index (Phi) is 12.5. The fraction of sp³-hybridized carbons (Fsp3) is 0.281. The Morgan fingerprint density at radius 3 is 0.958 bits per heavy atom. The van der Waals surface area contributed by atoms with Crippen LogP contribution in [0.1, 0.15) is 149 Å². The van der Waals surface area contributed by atoms with E-state index in [4.69, 9.17) is 19.4 Å². The summed E-state index contributed by atoms with van der Waals surface area (Å²) in [6.07, 6.45) is 8.22. The lowest BCUT2D eigenvalue weighted by molar-refractivity contribution is 0.0592. The minimum Gasteiger partial charge on any atom is -0.465 e. The van der Waals surface area contributed by atoms with Crippen LogP contribution in [0, 0.1) is 0 Å². The van der Waals surface area contributed by atoms with Crippen LogP contribution < -0.4 is 0 Å². The summed E-state index contributed by atoms with van der Waals surface area (Å²) >= 11 is 0. The van der Waals surface area contributed by atoms with Crippen molar-refractivity contribution < 1.29 is 19.1 Å². The second kappa shape index (κ2) is 18.2. The molecule has 0 unspecified atom stereocenters. The van der Waals surface area contributed by atoms with Gasteiger partial charge >= 0.3 is 11.9 Å². The molecule has 0 fully saturated rings. The van der Waals surface area contributed by atoms with Gasteiger partial charge in [-0.1, -0.05) is 156 Å². The van der Waals surface area contributed by atoms with E-state index in [0.717, 1.165) is 55.7 Å². The van der Waals surface area contributed by atoms with Gasteiger partial charge in [-0.2, -0.15) is 0 Å². The van der Waals surface area contributed by atoms with Crippen LogP contribution in [0.4, 0.5) is 0 Å². The number of fused-ring (bicyclic) bond motifs is 8. The fourth-order valence-corrected chi connectivity index (χ4v) is 9.63. The quantitative estimate of drug-likeness (QED) is 0.161. The van der Waals surface area contributed by atoms with Crippen molar-refractivity contribution in [1.29, 1.82) is 0 Å². The number of aromatic amines is 2. The molecular weight excluding hydrogens is 889 g/mol. The third-order valence-corrected chi connectivity index (χ3v) is 13.9. The highest BCUT2D eigenvalue weighted by atomic mass is 16.5. The highest BCUT2D eigenvalue weighted by molar-refractivity contribution is 6.06. The number of rotatable bonds is 6. The van der Waals surface area contributed by atoms with Gasteiger partial charge in [0.15, 0.2) is 0 Å². The maximum Gasteiger partial charge on any atom is 0.338 e. The molecule has 8 heteroatoms. The molecule has 0 saturated heterocycles.